The Morgan fingerprint density at radius 3 is 2.39 bits per heavy atom. The molecule has 0 bridgehead atoms. The van der Waals surface area contributed by atoms with E-state index in [1.54, 1.807) is 6.07 Å². The summed E-state index contributed by atoms with van der Waals surface area (Å²) >= 11 is 3.43. The van der Waals surface area contributed by atoms with E-state index in [9.17, 15) is 14.9 Å². The molecule has 28 heavy (non-hydrogen) atoms. The lowest BCUT2D eigenvalue weighted by molar-refractivity contribution is -0.384. The summed E-state index contributed by atoms with van der Waals surface area (Å²) in [5, 5.41) is 14.2. The van der Waals surface area contributed by atoms with Gasteiger partial charge in [-0.1, -0.05) is 32.0 Å². The summed E-state index contributed by atoms with van der Waals surface area (Å²) in [6, 6.07) is 11.0. The van der Waals surface area contributed by atoms with Crippen molar-refractivity contribution in [2.75, 3.05) is 6.61 Å². The molecular formula is C19H20BrN3O5. The molecule has 0 unspecified atom stereocenters. The van der Waals surface area contributed by atoms with Crippen LogP contribution in [0.2, 0.25) is 0 Å². The van der Waals surface area contributed by atoms with Crippen molar-refractivity contribution >= 4 is 33.4 Å². The largest absolute Gasteiger partial charge is 0.481 e. The van der Waals surface area contributed by atoms with Crippen molar-refractivity contribution < 1.29 is 19.3 Å². The van der Waals surface area contributed by atoms with Crippen LogP contribution in [0.4, 0.5) is 5.69 Å². The van der Waals surface area contributed by atoms with Crippen LogP contribution in [0, 0.1) is 10.1 Å². The van der Waals surface area contributed by atoms with Crippen molar-refractivity contribution in [1.82, 2.24) is 0 Å². The summed E-state index contributed by atoms with van der Waals surface area (Å²) in [6.07, 6.45) is 0. The number of carbonyl (C=O) groups excluding carboxylic acids is 1. The molecule has 2 N–H and O–H groups in total. The Balaban J connectivity index is 1.93. The van der Waals surface area contributed by atoms with Crippen LogP contribution in [-0.4, -0.2) is 23.3 Å². The number of carbonyl (C=O) groups is 1. The van der Waals surface area contributed by atoms with Crippen LogP contribution in [0.1, 0.15) is 31.9 Å². The molecule has 0 saturated carbocycles. The van der Waals surface area contributed by atoms with Gasteiger partial charge in [0.2, 0.25) is 0 Å². The van der Waals surface area contributed by atoms with Gasteiger partial charge in [-0.15, -0.1) is 0 Å². The molecule has 0 saturated heterocycles. The monoisotopic (exact) mass is 449 g/mol. The number of oxime groups is 1. The van der Waals surface area contributed by atoms with Crippen LogP contribution in [-0.2, 0) is 15.0 Å². The fourth-order valence-electron chi connectivity index (χ4n) is 2.15. The van der Waals surface area contributed by atoms with Crippen LogP contribution in [0.15, 0.2) is 52.1 Å². The molecule has 148 valence electrons. The first-order valence-electron chi connectivity index (χ1n) is 8.29. The van der Waals surface area contributed by atoms with E-state index in [0.717, 1.165) is 10.0 Å². The second-order valence-corrected chi connectivity index (χ2v) is 7.78. The maximum Gasteiger partial charge on any atom is 0.372 e. The van der Waals surface area contributed by atoms with Crippen molar-refractivity contribution in [3.63, 3.8) is 0 Å². The third kappa shape index (κ3) is 5.78. The van der Waals surface area contributed by atoms with E-state index in [0.29, 0.717) is 11.3 Å². The summed E-state index contributed by atoms with van der Waals surface area (Å²) in [4.78, 5) is 26.7. The van der Waals surface area contributed by atoms with Crippen molar-refractivity contribution in [3.8, 4) is 5.75 Å². The SMILES string of the molecule is CC(C)(C)c1ccc(OCC(=O)O/N=C(/N)c2ccc([N+](=O)[O-])cc2)c(Br)c1. The molecule has 0 radical (unpaired) electrons. The predicted molar refractivity (Wildman–Crippen MR) is 108 cm³/mol. The molecular weight excluding hydrogens is 430 g/mol. The number of nitro benzene ring substituents is 1. The Bertz CT molecular complexity index is 905. The number of nitrogens with two attached hydrogens (primary N) is 1. The number of rotatable bonds is 6. The van der Waals surface area contributed by atoms with Gasteiger partial charge in [0.1, 0.15) is 5.75 Å². The number of hydrogen-bond donors (Lipinski definition) is 1. The van der Waals surface area contributed by atoms with E-state index >= 15 is 0 Å². The summed E-state index contributed by atoms with van der Waals surface area (Å²) in [6.45, 7) is 5.94. The van der Waals surface area contributed by atoms with Crippen LogP contribution in [0.3, 0.4) is 0 Å². The van der Waals surface area contributed by atoms with Gasteiger partial charge in [0.15, 0.2) is 12.4 Å². The number of halogens is 1. The van der Waals surface area contributed by atoms with Gasteiger partial charge in [-0.2, -0.15) is 0 Å². The highest BCUT2D eigenvalue weighted by Crippen LogP contribution is 2.31. The first kappa shape index (κ1) is 21.4. The number of nitro groups is 1. The molecule has 0 aromatic heterocycles. The summed E-state index contributed by atoms with van der Waals surface area (Å²) in [7, 11) is 0. The summed E-state index contributed by atoms with van der Waals surface area (Å²) in [5.74, 6) is -0.326. The highest BCUT2D eigenvalue weighted by molar-refractivity contribution is 9.10. The van der Waals surface area contributed by atoms with Crippen molar-refractivity contribution in [1.29, 1.82) is 0 Å². The zero-order chi connectivity index (χ0) is 20.9. The maximum absolute atomic E-state index is 11.8. The number of amidine groups is 1. The lowest BCUT2D eigenvalue weighted by Crippen LogP contribution is -2.18. The zero-order valence-corrected chi connectivity index (χ0v) is 17.2. The lowest BCUT2D eigenvalue weighted by Gasteiger charge is -2.20. The van der Waals surface area contributed by atoms with E-state index in [-0.39, 0.29) is 23.5 Å². The van der Waals surface area contributed by atoms with Crippen molar-refractivity contribution in [2.45, 2.75) is 26.2 Å². The predicted octanol–water partition coefficient (Wildman–Crippen LogP) is 3.90. The number of benzene rings is 2. The molecule has 8 nitrogen and oxygen atoms in total. The van der Waals surface area contributed by atoms with Crippen LogP contribution in [0.5, 0.6) is 5.75 Å². The van der Waals surface area contributed by atoms with E-state index in [1.165, 1.54) is 24.3 Å². The maximum atomic E-state index is 11.8. The molecule has 0 heterocycles. The molecule has 0 aliphatic carbocycles. The molecule has 0 amide bonds. The normalized spacial score (nSPS) is 11.8. The minimum absolute atomic E-state index is 0.00983. The highest BCUT2D eigenvalue weighted by atomic mass is 79.9. The number of nitrogens with zero attached hydrogens (tertiary/aromatic N) is 2. The molecule has 2 aromatic rings. The number of non-ortho nitro benzene ring substituents is 1. The molecule has 2 aromatic carbocycles. The fraction of sp³-hybridized carbons (Fsp3) is 0.263. The first-order chi connectivity index (χ1) is 13.1. The van der Waals surface area contributed by atoms with E-state index in [4.69, 9.17) is 15.3 Å². The quantitative estimate of drug-likeness (QED) is 0.235. The molecule has 9 heteroatoms. The van der Waals surface area contributed by atoms with E-state index in [2.05, 4.69) is 41.9 Å². The van der Waals surface area contributed by atoms with Crippen LogP contribution >= 0.6 is 15.9 Å². The lowest BCUT2D eigenvalue weighted by atomic mass is 9.87. The molecule has 0 aliphatic heterocycles. The van der Waals surface area contributed by atoms with Gasteiger partial charge in [-0.05, 0) is 51.2 Å². The van der Waals surface area contributed by atoms with E-state index < -0.39 is 10.9 Å². The fourth-order valence-corrected chi connectivity index (χ4v) is 2.65. The summed E-state index contributed by atoms with van der Waals surface area (Å²) in [5.41, 5.74) is 7.13. The van der Waals surface area contributed by atoms with Gasteiger partial charge in [0.25, 0.3) is 5.69 Å². The van der Waals surface area contributed by atoms with Gasteiger partial charge < -0.3 is 15.3 Å². The van der Waals surface area contributed by atoms with Crippen LogP contribution < -0.4 is 10.5 Å². The Hall–Kier alpha value is -2.94. The number of ether oxygens (including phenoxy) is 1. The van der Waals surface area contributed by atoms with E-state index in [1.807, 2.05) is 12.1 Å². The minimum Gasteiger partial charge on any atom is -0.481 e. The second kappa shape index (κ2) is 8.83. The van der Waals surface area contributed by atoms with Gasteiger partial charge in [0.05, 0.1) is 9.40 Å². The Morgan fingerprint density at radius 2 is 1.86 bits per heavy atom. The Labute approximate surface area is 170 Å². The van der Waals surface area contributed by atoms with Crippen molar-refractivity contribution in [2.24, 2.45) is 10.9 Å². The Kier molecular flexibility index (Phi) is 6.74. The van der Waals surface area contributed by atoms with Crippen LogP contribution in [0.25, 0.3) is 0 Å². The highest BCUT2D eigenvalue weighted by Gasteiger charge is 2.16. The third-order valence-electron chi connectivity index (χ3n) is 3.76. The van der Waals surface area contributed by atoms with Gasteiger partial charge in [-0.25, -0.2) is 4.79 Å². The third-order valence-corrected chi connectivity index (χ3v) is 4.38. The second-order valence-electron chi connectivity index (χ2n) is 6.93. The first-order valence-corrected chi connectivity index (χ1v) is 9.08. The molecule has 0 fully saturated rings. The standard InChI is InChI=1S/C19H20BrN3O5/c1-19(2,3)13-6-9-16(15(20)10-13)27-11-17(24)28-22-18(21)12-4-7-14(8-5-12)23(25)26/h4-10H,11H2,1-3H3,(H2,21,22). The smallest absolute Gasteiger partial charge is 0.372 e. The van der Waals surface area contributed by atoms with Gasteiger partial charge in [-0.3, -0.25) is 10.1 Å². The minimum atomic E-state index is -0.739. The topological polar surface area (TPSA) is 117 Å². The van der Waals surface area contributed by atoms with Crippen molar-refractivity contribution in [3.05, 3.63) is 68.2 Å². The van der Waals surface area contributed by atoms with Gasteiger partial charge in [0, 0.05) is 17.7 Å². The average Bonchev–Trinajstić information content (AvgIpc) is 2.64. The zero-order valence-electron chi connectivity index (χ0n) is 15.6. The number of hydrogen-bond acceptors (Lipinski definition) is 6. The molecule has 0 spiro atoms. The average molecular weight is 450 g/mol. The molecule has 0 aliphatic rings. The Morgan fingerprint density at radius 1 is 1.21 bits per heavy atom. The molecule has 0 atom stereocenters. The summed E-state index contributed by atoms with van der Waals surface area (Å²) < 4.78 is 6.16. The van der Waals surface area contributed by atoms with Gasteiger partial charge >= 0.3 is 5.97 Å². The molecule has 2 rings (SSSR count).